The highest BCUT2D eigenvalue weighted by Crippen LogP contribution is 2.17. The van der Waals surface area contributed by atoms with E-state index >= 15 is 0 Å². The Morgan fingerprint density at radius 1 is 0.519 bits per heavy atom. The molecule has 1 radical (unpaired) electrons. The lowest BCUT2D eigenvalue weighted by molar-refractivity contribution is -0.160. The molecule has 0 saturated carbocycles. The first-order chi connectivity index (χ1) is 25.5. The molecule has 0 aliphatic heterocycles. The molecular weight excluding hydrogens is 654 g/mol. The van der Waals surface area contributed by atoms with Gasteiger partial charge >= 0.3 is 12.1 Å². The summed E-state index contributed by atoms with van der Waals surface area (Å²) < 4.78 is 28.8. The molecule has 0 saturated heterocycles. The molecule has 1 unspecified atom stereocenters. The summed E-state index contributed by atoms with van der Waals surface area (Å²) >= 11 is 0. The van der Waals surface area contributed by atoms with Crippen LogP contribution in [0.2, 0.25) is 0 Å². The fourth-order valence-corrected chi connectivity index (χ4v) is 6.31. The van der Waals surface area contributed by atoms with Gasteiger partial charge in [0.25, 0.3) is 0 Å². The van der Waals surface area contributed by atoms with Gasteiger partial charge in [-0.15, -0.1) is 0 Å². The van der Waals surface area contributed by atoms with Crippen molar-refractivity contribution in [3.63, 3.8) is 0 Å². The number of nitrogens with zero attached hydrogens (tertiary/aromatic N) is 1. The first-order valence-corrected chi connectivity index (χ1v) is 22.2. The largest absolute Gasteiger partial charge is 0.508 e. The van der Waals surface area contributed by atoms with Crippen LogP contribution in [-0.4, -0.2) is 76.0 Å². The molecule has 309 valence electrons. The molecule has 8 heteroatoms. The maximum absolute atomic E-state index is 12.9. The van der Waals surface area contributed by atoms with Crippen molar-refractivity contribution in [2.24, 2.45) is 5.92 Å². The molecule has 0 rings (SSSR count). The number of carbonyl (C=O) groups is 2. The van der Waals surface area contributed by atoms with Gasteiger partial charge in [-0.3, -0.25) is 4.79 Å². The van der Waals surface area contributed by atoms with Crippen molar-refractivity contribution >= 4 is 12.1 Å². The van der Waals surface area contributed by atoms with Crippen molar-refractivity contribution < 1.29 is 33.3 Å². The van der Waals surface area contributed by atoms with Crippen LogP contribution in [0.4, 0.5) is 4.79 Å². The Bertz CT molecular complexity index is 730. The lowest BCUT2D eigenvalue weighted by Crippen LogP contribution is -2.26. The molecule has 0 spiro atoms. The van der Waals surface area contributed by atoms with Gasteiger partial charge < -0.3 is 28.6 Å². The molecule has 0 heterocycles. The molecule has 0 aromatic heterocycles. The molecule has 0 aromatic carbocycles. The maximum Gasteiger partial charge on any atom is 0.508 e. The van der Waals surface area contributed by atoms with Gasteiger partial charge in [0, 0.05) is 32.1 Å². The van der Waals surface area contributed by atoms with Crippen LogP contribution >= 0.6 is 0 Å². The SMILES string of the molecule is CCC[CH]CCCCCCCCCC(COC(=O)CCC(OCCCCCCCC)OCCCCCCCC)COC(=O)OCCCN(CC)CC. The van der Waals surface area contributed by atoms with Gasteiger partial charge in [0.15, 0.2) is 6.29 Å². The second-order valence-electron chi connectivity index (χ2n) is 14.7. The summed E-state index contributed by atoms with van der Waals surface area (Å²) in [6, 6.07) is 0. The van der Waals surface area contributed by atoms with Crippen LogP contribution in [0.25, 0.3) is 0 Å². The van der Waals surface area contributed by atoms with E-state index in [1.165, 1.54) is 103 Å². The lowest BCUT2D eigenvalue weighted by Gasteiger charge is -2.20. The molecule has 52 heavy (non-hydrogen) atoms. The fourth-order valence-electron chi connectivity index (χ4n) is 6.31. The molecule has 0 aliphatic rings. The third kappa shape index (κ3) is 35.6. The van der Waals surface area contributed by atoms with Gasteiger partial charge in [0.1, 0.15) is 6.61 Å². The molecule has 0 amide bonds. The van der Waals surface area contributed by atoms with Crippen molar-refractivity contribution in [2.75, 3.05) is 52.7 Å². The van der Waals surface area contributed by atoms with Gasteiger partial charge in [-0.2, -0.15) is 0 Å². The normalized spacial score (nSPS) is 12.1. The highest BCUT2D eigenvalue weighted by Gasteiger charge is 2.18. The number of hydrogen-bond donors (Lipinski definition) is 0. The Morgan fingerprint density at radius 2 is 1.06 bits per heavy atom. The number of carbonyl (C=O) groups excluding carboxylic acids is 2. The molecule has 0 N–H and O–H groups in total. The van der Waals surface area contributed by atoms with E-state index < -0.39 is 6.16 Å². The minimum atomic E-state index is -0.639. The summed E-state index contributed by atoms with van der Waals surface area (Å²) in [4.78, 5) is 27.6. The Kier molecular flexibility index (Phi) is 39.7. The summed E-state index contributed by atoms with van der Waals surface area (Å²) in [6.07, 6.45) is 30.5. The highest BCUT2D eigenvalue weighted by atomic mass is 16.7. The van der Waals surface area contributed by atoms with E-state index in [4.69, 9.17) is 23.7 Å². The second-order valence-corrected chi connectivity index (χ2v) is 14.7. The van der Waals surface area contributed by atoms with Crippen LogP contribution in [0.1, 0.15) is 202 Å². The zero-order chi connectivity index (χ0) is 38.2. The topological polar surface area (TPSA) is 83.5 Å². The maximum atomic E-state index is 12.9. The summed E-state index contributed by atoms with van der Waals surface area (Å²) in [5.41, 5.74) is 0. The predicted molar refractivity (Wildman–Crippen MR) is 217 cm³/mol. The number of hydrogen-bond acceptors (Lipinski definition) is 8. The average molecular weight is 741 g/mol. The number of esters is 1. The number of rotatable bonds is 41. The third-order valence-corrected chi connectivity index (χ3v) is 9.85. The molecular formula is C44H86NO7. The number of unbranched alkanes of at least 4 members (excludes halogenated alkanes) is 20. The number of ether oxygens (including phenoxy) is 5. The average Bonchev–Trinajstić information content (AvgIpc) is 3.15. The summed E-state index contributed by atoms with van der Waals surface area (Å²) in [6.45, 7) is 15.9. The van der Waals surface area contributed by atoms with Crippen LogP contribution in [0.3, 0.4) is 0 Å². The first kappa shape index (κ1) is 50.6. The van der Waals surface area contributed by atoms with E-state index in [2.05, 4.69) is 45.9 Å². The lowest BCUT2D eigenvalue weighted by atomic mass is 10.0. The summed E-state index contributed by atoms with van der Waals surface area (Å²) in [5.74, 6) is -0.304. The molecule has 0 aromatic rings. The molecule has 1 atom stereocenters. The minimum absolute atomic E-state index is 0.0509. The van der Waals surface area contributed by atoms with Crippen molar-refractivity contribution in [1.82, 2.24) is 4.90 Å². The molecule has 0 aliphatic carbocycles. The summed E-state index contributed by atoms with van der Waals surface area (Å²) in [5, 5.41) is 0. The molecule has 8 nitrogen and oxygen atoms in total. The van der Waals surface area contributed by atoms with Crippen LogP contribution < -0.4 is 0 Å². The van der Waals surface area contributed by atoms with Crippen molar-refractivity contribution in [3.05, 3.63) is 6.42 Å². The van der Waals surface area contributed by atoms with E-state index in [0.717, 1.165) is 71.0 Å². The van der Waals surface area contributed by atoms with Gasteiger partial charge in [0.2, 0.25) is 0 Å². The summed E-state index contributed by atoms with van der Waals surface area (Å²) in [7, 11) is 0. The van der Waals surface area contributed by atoms with Crippen LogP contribution in [0.5, 0.6) is 0 Å². The van der Waals surface area contributed by atoms with Crippen molar-refractivity contribution in [2.45, 2.75) is 208 Å². The van der Waals surface area contributed by atoms with E-state index in [1.807, 2.05) is 0 Å². The Hall–Kier alpha value is -1.38. The van der Waals surface area contributed by atoms with Crippen LogP contribution in [-0.2, 0) is 28.5 Å². The van der Waals surface area contributed by atoms with Gasteiger partial charge in [0.05, 0.1) is 19.6 Å². The van der Waals surface area contributed by atoms with Crippen molar-refractivity contribution in [3.8, 4) is 0 Å². The van der Waals surface area contributed by atoms with Crippen LogP contribution in [0.15, 0.2) is 0 Å². The zero-order valence-corrected chi connectivity index (χ0v) is 35.1. The van der Waals surface area contributed by atoms with Gasteiger partial charge in [-0.25, -0.2) is 4.79 Å². The highest BCUT2D eigenvalue weighted by molar-refractivity contribution is 5.69. The van der Waals surface area contributed by atoms with Crippen molar-refractivity contribution in [1.29, 1.82) is 0 Å². The fraction of sp³-hybridized carbons (Fsp3) is 0.932. The monoisotopic (exact) mass is 741 g/mol. The Labute approximate surface area is 322 Å². The zero-order valence-electron chi connectivity index (χ0n) is 35.1. The predicted octanol–water partition coefficient (Wildman–Crippen LogP) is 12.4. The van der Waals surface area contributed by atoms with Gasteiger partial charge in [-0.05, 0) is 45.2 Å². The van der Waals surface area contributed by atoms with E-state index in [0.29, 0.717) is 26.2 Å². The quantitative estimate of drug-likeness (QED) is 0.0348. The second kappa shape index (κ2) is 40.8. The Morgan fingerprint density at radius 3 is 1.63 bits per heavy atom. The third-order valence-electron chi connectivity index (χ3n) is 9.85. The van der Waals surface area contributed by atoms with Crippen LogP contribution in [0, 0.1) is 12.3 Å². The Balaban J connectivity index is 4.77. The smallest absolute Gasteiger partial charge is 0.465 e. The van der Waals surface area contributed by atoms with E-state index in [-0.39, 0.29) is 37.8 Å². The van der Waals surface area contributed by atoms with E-state index in [1.54, 1.807) is 0 Å². The minimum Gasteiger partial charge on any atom is -0.465 e. The van der Waals surface area contributed by atoms with Gasteiger partial charge in [-0.1, -0.05) is 163 Å². The van der Waals surface area contributed by atoms with E-state index in [9.17, 15) is 9.59 Å². The first-order valence-electron chi connectivity index (χ1n) is 22.2. The molecule has 0 bridgehead atoms. The molecule has 0 fully saturated rings. The standard InChI is InChI=1S/C44H86NO7/c1-6-11-14-17-20-21-22-23-24-25-28-32-41(40-52-44(47)50-38-31-35-45(9-4)10-5)39-51-42(46)33-34-43(48-36-29-26-18-15-12-7-2)49-37-30-27-19-16-13-8-3/h14,41,43H,6-13,15-40H2,1-5H3.